The van der Waals surface area contributed by atoms with E-state index < -0.39 is 10.0 Å². The van der Waals surface area contributed by atoms with E-state index in [0.29, 0.717) is 12.8 Å². The third-order valence-electron chi connectivity index (χ3n) is 2.84. The van der Waals surface area contributed by atoms with Gasteiger partial charge in [0.15, 0.2) is 5.82 Å². The van der Waals surface area contributed by atoms with Crippen LogP contribution in [0.15, 0.2) is 12.4 Å². The Balaban J connectivity index is 2.11. The van der Waals surface area contributed by atoms with Crippen LogP contribution in [0, 0.1) is 0 Å². The maximum absolute atomic E-state index is 12.0. The Morgan fingerprint density at radius 1 is 1.24 bits per heavy atom. The Morgan fingerprint density at radius 3 is 2.59 bits per heavy atom. The first-order chi connectivity index (χ1) is 8.08. The Morgan fingerprint density at radius 2 is 1.94 bits per heavy atom. The van der Waals surface area contributed by atoms with Gasteiger partial charge >= 0.3 is 0 Å². The molecular weight excluding hydrogens is 262 g/mol. The van der Waals surface area contributed by atoms with Crippen molar-refractivity contribution in [2.75, 3.05) is 4.72 Å². The van der Waals surface area contributed by atoms with Crippen molar-refractivity contribution in [2.45, 2.75) is 37.4 Å². The van der Waals surface area contributed by atoms with E-state index in [4.69, 9.17) is 11.6 Å². The van der Waals surface area contributed by atoms with Gasteiger partial charge in [0.2, 0.25) is 10.0 Å². The second kappa shape index (κ2) is 5.18. The van der Waals surface area contributed by atoms with Gasteiger partial charge in [0.1, 0.15) is 5.15 Å². The predicted octanol–water partition coefficient (Wildman–Crippen LogP) is 2.20. The zero-order valence-electron chi connectivity index (χ0n) is 9.26. The SMILES string of the molecule is O=S(=O)(Nc1cncc(Cl)n1)C1CCCCC1. The van der Waals surface area contributed by atoms with Crippen molar-refractivity contribution in [3.05, 3.63) is 17.5 Å². The Labute approximate surface area is 106 Å². The number of aromatic nitrogens is 2. The topological polar surface area (TPSA) is 72.0 Å². The fraction of sp³-hybridized carbons (Fsp3) is 0.600. The molecule has 17 heavy (non-hydrogen) atoms. The van der Waals surface area contributed by atoms with Crippen LogP contribution in [0.3, 0.4) is 0 Å². The lowest BCUT2D eigenvalue weighted by Gasteiger charge is -2.21. The minimum atomic E-state index is -3.36. The first-order valence-electron chi connectivity index (χ1n) is 5.57. The molecule has 0 aliphatic heterocycles. The number of sulfonamides is 1. The summed E-state index contributed by atoms with van der Waals surface area (Å²) in [6.07, 6.45) is 7.18. The van der Waals surface area contributed by atoms with E-state index >= 15 is 0 Å². The predicted molar refractivity (Wildman–Crippen MR) is 66.5 cm³/mol. The van der Waals surface area contributed by atoms with Gasteiger partial charge in [0.25, 0.3) is 0 Å². The second-order valence-electron chi connectivity index (χ2n) is 4.13. The molecule has 1 heterocycles. The number of halogens is 1. The highest BCUT2D eigenvalue weighted by atomic mass is 35.5. The van der Waals surface area contributed by atoms with E-state index in [2.05, 4.69) is 14.7 Å². The monoisotopic (exact) mass is 275 g/mol. The minimum absolute atomic E-state index is 0.175. The summed E-state index contributed by atoms with van der Waals surface area (Å²) in [4.78, 5) is 7.66. The highest BCUT2D eigenvalue weighted by Gasteiger charge is 2.27. The average Bonchev–Trinajstić information content (AvgIpc) is 2.29. The van der Waals surface area contributed by atoms with Crippen molar-refractivity contribution in [1.82, 2.24) is 9.97 Å². The van der Waals surface area contributed by atoms with Crippen molar-refractivity contribution >= 4 is 27.4 Å². The molecule has 1 fully saturated rings. The number of anilines is 1. The molecule has 1 N–H and O–H groups in total. The molecule has 2 rings (SSSR count). The van der Waals surface area contributed by atoms with E-state index in [1.54, 1.807) is 0 Å². The van der Waals surface area contributed by atoms with Crippen molar-refractivity contribution in [2.24, 2.45) is 0 Å². The fourth-order valence-electron chi connectivity index (χ4n) is 2.00. The molecule has 1 aromatic rings. The zero-order chi connectivity index (χ0) is 12.3. The third kappa shape index (κ3) is 3.29. The molecule has 0 atom stereocenters. The minimum Gasteiger partial charge on any atom is -0.266 e. The lowest BCUT2D eigenvalue weighted by atomic mass is 10.0. The quantitative estimate of drug-likeness (QED) is 0.918. The molecule has 1 aromatic heterocycles. The molecule has 0 unspecified atom stereocenters. The summed E-state index contributed by atoms with van der Waals surface area (Å²) in [5.74, 6) is 0.183. The van der Waals surface area contributed by atoms with Crippen LogP contribution in [0.25, 0.3) is 0 Å². The van der Waals surface area contributed by atoms with Gasteiger partial charge in [0.05, 0.1) is 17.6 Å². The molecule has 0 aromatic carbocycles. The molecule has 0 spiro atoms. The Kier molecular flexibility index (Phi) is 3.83. The van der Waals surface area contributed by atoms with Crippen molar-refractivity contribution < 1.29 is 8.42 Å². The van der Waals surface area contributed by atoms with Crippen LogP contribution in [0.4, 0.5) is 5.82 Å². The fourth-order valence-corrected chi connectivity index (χ4v) is 3.65. The lowest BCUT2D eigenvalue weighted by Crippen LogP contribution is -2.30. The van der Waals surface area contributed by atoms with Gasteiger partial charge in [-0.3, -0.25) is 9.71 Å². The Hall–Kier alpha value is -0.880. The van der Waals surface area contributed by atoms with Crippen molar-refractivity contribution in [3.8, 4) is 0 Å². The van der Waals surface area contributed by atoms with E-state index in [1.807, 2.05) is 0 Å². The third-order valence-corrected chi connectivity index (χ3v) is 4.87. The van der Waals surface area contributed by atoms with Crippen LogP contribution in [0.1, 0.15) is 32.1 Å². The van der Waals surface area contributed by atoms with Gasteiger partial charge < -0.3 is 0 Å². The highest BCUT2D eigenvalue weighted by molar-refractivity contribution is 7.93. The number of rotatable bonds is 3. The van der Waals surface area contributed by atoms with E-state index in [-0.39, 0.29) is 16.2 Å². The van der Waals surface area contributed by atoms with Gasteiger partial charge in [-0.2, -0.15) is 0 Å². The molecular formula is C10H14ClN3O2S. The normalized spacial score (nSPS) is 17.9. The number of hydrogen-bond acceptors (Lipinski definition) is 4. The van der Waals surface area contributed by atoms with E-state index in [1.165, 1.54) is 12.4 Å². The number of nitrogens with zero attached hydrogens (tertiary/aromatic N) is 2. The molecule has 0 bridgehead atoms. The largest absolute Gasteiger partial charge is 0.266 e. The summed E-state index contributed by atoms with van der Waals surface area (Å²) >= 11 is 5.65. The summed E-state index contributed by atoms with van der Waals surface area (Å²) in [5.41, 5.74) is 0. The lowest BCUT2D eigenvalue weighted by molar-refractivity contribution is 0.486. The van der Waals surface area contributed by atoms with Crippen LogP contribution in [-0.2, 0) is 10.0 Å². The van der Waals surface area contributed by atoms with Gasteiger partial charge in [0, 0.05) is 0 Å². The first-order valence-corrected chi connectivity index (χ1v) is 7.49. The molecule has 0 amide bonds. The zero-order valence-corrected chi connectivity index (χ0v) is 10.8. The second-order valence-corrected chi connectivity index (χ2v) is 6.48. The standard InChI is InChI=1S/C10H14ClN3O2S/c11-9-6-12-7-10(13-9)14-17(15,16)8-4-2-1-3-5-8/h6-8H,1-5H2,(H,13,14). The summed E-state index contributed by atoms with van der Waals surface area (Å²) in [6, 6.07) is 0. The van der Waals surface area contributed by atoms with Crippen LogP contribution in [0.2, 0.25) is 5.15 Å². The summed E-state index contributed by atoms with van der Waals surface area (Å²) in [5, 5.41) is -0.147. The molecule has 0 saturated heterocycles. The molecule has 5 nitrogen and oxygen atoms in total. The maximum atomic E-state index is 12.0. The van der Waals surface area contributed by atoms with Crippen LogP contribution >= 0.6 is 11.6 Å². The van der Waals surface area contributed by atoms with Crippen LogP contribution < -0.4 is 4.72 Å². The van der Waals surface area contributed by atoms with Crippen LogP contribution in [0.5, 0.6) is 0 Å². The summed E-state index contributed by atoms with van der Waals surface area (Å²) in [6.45, 7) is 0. The van der Waals surface area contributed by atoms with Gasteiger partial charge in [-0.25, -0.2) is 13.4 Å². The molecule has 1 aliphatic carbocycles. The molecule has 1 saturated carbocycles. The van der Waals surface area contributed by atoms with Crippen molar-refractivity contribution in [1.29, 1.82) is 0 Å². The smallest absolute Gasteiger partial charge is 0.236 e. The number of nitrogens with one attached hydrogen (secondary N) is 1. The van der Waals surface area contributed by atoms with Gasteiger partial charge in [-0.05, 0) is 12.8 Å². The summed E-state index contributed by atoms with van der Waals surface area (Å²) in [7, 11) is -3.36. The van der Waals surface area contributed by atoms with E-state index in [0.717, 1.165) is 19.3 Å². The highest BCUT2D eigenvalue weighted by Crippen LogP contribution is 2.24. The molecule has 0 radical (unpaired) electrons. The molecule has 7 heteroatoms. The Bertz CT molecular complexity index is 486. The average molecular weight is 276 g/mol. The van der Waals surface area contributed by atoms with Gasteiger partial charge in [-0.15, -0.1) is 0 Å². The number of hydrogen-bond donors (Lipinski definition) is 1. The molecule has 1 aliphatic rings. The van der Waals surface area contributed by atoms with Gasteiger partial charge in [-0.1, -0.05) is 30.9 Å². The molecule has 94 valence electrons. The maximum Gasteiger partial charge on any atom is 0.236 e. The summed E-state index contributed by atoms with van der Waals surface area (Å²) < 4.78 is 26.5. The van der Waals surface area contributed by atoms with Crippen LogP contribution in [-0.4, -0.2) is 23.6 Å². The first kappa shape index (κ1) is 12.6. The van der Waals surface area contributed by atoms with E-state index in [9.17, 15) is 8.42 Å². The van der Waals surface area contributed by atoms with Crippen molar-refractivity contribution in [3.63, 3.8) is 0 Å².